The molecule has 122 valence electrons. The lowest BCUT2D eigenvalue weighted by molar-refractivity contribution is -0.142. The first kappa shape index (κ1) is 16.8. The summed E-state index contributed by atoms with van der Waals surface area (Å²) in [5, 5.41) is 3.78. The number of carbonyl (C=O) groups is 1. The molecule has 4 nitrogen and oxygen atoms in total. The molecule has 0 aromatic carbocycles. The molecule has 21 heavy (non-hydrogen) atoms. The highest BCUT2D eigenvalue weighted by molar-refractivity contribution is 5.69. The van der Waals surface area contributed by atoms with Crippen molar-refractivity contribution in [3.8, 4) is 0 Å². The molecule has 0 radical (unpaired) electrons. The number of likely N-dealkylation sites (N-methyl/N-ethyl adjacent to an activating group) is 1. The van der Waals surface area contributed by atoms with Crippen LogP contribution in [0.2, 0.25) is 0 Å². The fourth-order valence-corrected chi connectivity index (χ4v) is 3.90. The van der Waals surface area contributed by atoms with Crippen LogP contribution in [0.15, 0.2) is 0 Å². The number of piperidine rings is 1. The third kappa shape index (κ3) is 5.59. The number of methoxy groups -OCH3 is 1. The molecule has 1 saturated carbocycles. The second-order valence-corrected chi connectivity index (χ2v) is 6.84. The summed E-state index contributed by atoms with van der Waals surface area (Å²) in [5.74, 6) is 1.24. The average Bonchev–Trinajstić information content (AvgIpc) is 2.53. The topological polar surface area (TPSA) is 41.6 Å². The lowest BCUT2D eigenvalue weighted by Gasteiger charge is -2.38. The third-order valence-corrected chi connectivity index (χ3v) is 5.16. The lowest BCUT2D eigenvalue weighted by Crippen LogP contribution is -2.50. The van der Waals surface area contributed by atoms with Gasteiger partial charge in [0.25, 0.3) is 0 Å². The zero-order valence-corrected chi connectivity index (χ0v) is 13.8. The molecule has 4 heteroatoms. The molecule has 1 aliphatic heterocycles. The van der Waals surface area contributed by atoms with E-state index in [2.05, 4.69) is 17.1 Å². The molecular weight excluding hydrogens is 264 g/mol. The summed E-state index contributed by atoms with van der Waals surface area (Å²) in [4.78, 5) is 14.0. The normalized spacial score (nSPS) is 28.5. The molecule has 2 atom stereocenters. The van der Waals surface area contributed by atoms with E-state index >= 15 is 0 Å². The minimum Gasteiger partial charge on any atom is -0.469 e. The fraction of sp³-hybridized carbons (Fsp3) is 0.941. The maximum Gasteiger partial charge on any atom is 0.305 e. The van der Waals surface area contributed by atoms with Gasteiger partial charge >= 0.3 is 5.97 Å². The maximum atomic E-state index is 11.5. The molecule has 0 aromatic rings. The molecule has 1 aliphatic carbocycles. The number of hydrogen-bond acceptors (Lipinski definition) is 4. The van der Waals surface area contributed by atoms with E-state index in [0.717, 1.165) is 38.5 Å². The van der Waals surface area contributed by atoms with E-state index in [-0.39, 0.29) is 5.97 Å². The molecule has 0 aromatic heterocycles. The van der Waals surface area contributed by atoms with E-state index in [9.17, 15) is 4.79 Å². The zero-order chi connectivity index (χ0) is 15.1. The van der Waals surface area contributed by atoms with Gasteiger partial charge in [0.2, 0.25) is 0 Å². The van der Waals surface area contributed by atoms with Crippen LogP contribution < -0.4 is 5.32 Å². The van der Waals surface area contributed by atoms with Crippen molar-refractivity contribution < 1.29 is 9.53 Å². The summed E-state index contributed by atoms with van der Waals surface area (Å²) in [5.41, 5.74) is 0. The van der Waals surface area contributed by atoms with Crippen molar-refractivity contribution >= 4 is 5.97 Å². The summed E-state index contributed by atoms with van der Waals surface area (Å²) >= 11 is 0. The summed E-state index contributed by atoms with van der Waals surface area (Å²) in [6, 6.07) is 0.537. The van der Waals surface area contributed by atoms with Gasteiger partial charge in [-0.15, -0.1) is 0 Å². The number of nitrogens with zero attached hydrogens (tertiary/aromatic N) is 1. The minimum absolute atomic E-state index is 0.0658. The molecule has 2 fully saturated rings. The molecule has 2 unspecified atom stereocenters. The quantitative estimate of drug-likeness (QED) is 0.764. The van der Waals surface area contributed by atoms with Crippen LogP contribution in [0.25, 0.3) is 0 Å². The first-order valence-corrected chi connectivity index (χ1v) is 8.73. The van der Waals surface area contributed by atoms with Crippen molar-refractivity contribution in [3.05, 3.63) is 0 Å². The van der Waals surface area contributed by atoms with E-state index in [1.807, 2.05) is 0 Å². The monoisotopic (exact) mass is 296 g/mol. The Balaban J connectivity index is 1.78. The van der Waals surface area contributed by atoms with Crippen molar-refractivity contribution in [3.63, 3.8) is 0 Å². The highest BCUT2D eigenvalue weighted by atomic mass is 16.5. The maximum absolute atomic E-state index is 11.5. The van der Waals surface area contributed by atoms with Crippen LogP contribution in [0, 0.1) is 11.8 Å². The molecule has 2 rings (SSSR count). The molecule has 2 aliphatic rings. The lowest BCUT2D eigenvalue weighted by atomic mass is 9.88. The van der Waals surface area contributed by atoms with E-state index in [1.165, 1.54) is 39.2 Å². The van der Waals surface area contributed by atoms with E-state index in [1.54, 1.807) is 0 Å². The number of rotatable bonds is 6. The molecule has 1 N–H and O–H groups in total. The van der Waals surface area contributed by atoms with Crippen LogP contribution >= 0.6 is 0 Å². The van der Waals surface area contributed by atoms with Gasteiger partial charge in [0.05, 0.1) is 7.11 Å². The Labute approximate surface area is 129 Å². The van der Waals surface area contributed by atoms with E-state index in [0.29, 0.717) is 18.4 Å². The molecule has 0 bridgehead atoms. The number of nitrogens with one attached hydrogen (secondary N) is 1. The molecular formula is C17H32N2O2. The first-order chi connectivity index (χ1) is 10.2. The van der Waals surface area contributed by atoms with Gasteiger partial charge in [-0.05, 0) is 44.2 Å². The predicted molar refractivity (Wildman–Crippen MR) is 85.2 cm³/mol. The zero-order valence-electron chi connectivity index (χ0n) is 13.8. The summed E-state index contributed by atoms with van der Waals surface area (Å²) < 4.78 is 4.83. The van der Waals surface area contributed by atoms with Gasteiger partial charge in [0.15, 0.2) is 0 Å². The summed E-state index contributed by atoms with van der Waals surface area (Å²) in [7, 11) is 1.49. The van der Waals surface area contributed by atoms with E-state index < -0.39 is 0 Å². The smallest absolute Gasteiger partial charge is 0.305 e. The highest BCUT2D eigenvalue weighted by Crippen LogP contribution is 2.24. The Morgan fingerprint density at radius 1 is 1.19 bits per heavy atom. The highest BCUT2D eigenvalue weighted by Gasteiger charge is 2.28. The summed E-state index contributed by atoms with van der Waals surface area (Å²) in [6.07, 6.45) is 8.69. The van der Waals surface area contributed by atoms with Gasteiger partial charge in [-0.1, -0.05) is 26.2 Å². The molecule has 1 saturated heterocycles. The van der Waals surface area contributed by atoms with Gasteiger partial charge in [-0.3, -0.25) is 4.79 Å². The van der Waals surface area contributed by atoms with Crippen LogP contribution in [0.4, 0.5) is 0 Å². The predicted octanol–water partition coefficient (Wildman–Crippen LogP) is 2.43. The number of esters is 1. The van der Waals surface area contributed by atoms with Crippen molar-refractivity contribution in [2.24, 2.45) is 11.8 Å². The second-order valence-electron chi connectivity index (χ2n) is 6.84. The van der Waals surface area contributed by atoms with Gasteiger partial charge in [0.1, 0.15) is 0 Å². The van der Waals surface area contributed by atoms with Crippen LogP contribution in [-0.4, -0.2) is 50.2 Å². The van der Waals surface area contributed by atoms with Gasteiger partial charge in [0, 0.05) is 25.6 Å². The average molecular weight is 296 g/mol. The minimum atomic E-state index is -0.0658. The van der Waals surface area contributed by atoms with Crippen molar-refractivity contribution in [2.75, 3.05) is 33.3 Å². The summed E-state index contributed by atoms with van der Waals surface area (Å²) in [6.45, 7) is 6.60. The Hall–Kier alpha value is -0.610. The van der Waals surface area contributed by atoms with Gasteiger partial charge < -0.3 is 15.0 Å². The largest absolute Gasteiger partial charge is 0.469 e. The molecule has 0 spiro atoms. The van der Waals surface area contributed by atoms with Crippen molar-refractivity contribution in [1.29, 1.82) is 0 Å². The van der Waals surface area contributed by atoms with Crippen LogP contribution in [0.3, 0.4) is 0 Å². The number of ether oxygens (including phenoxy) is 1. The standard InChI is InChI=1S/C17H32N2O2/c1-3-19-12-15(10-17(20)21-2)9-16(13-19)18-11-14-7-5-4-6-8-14/h14-16,18H,3-13H2,1-2H3. The van der Waals surface area contributed by atoms with Crippen molar-refractivity contribution in [2.45, 2.75) is 57.9 Å². The molecule has 1 heterocycles. The van der Waals surface area contributed by atoms with Crippen LogP contribution in [-0.2, 0) is 9.53 Å². The van der Waals surface area contributed by atoms with Crippen LogP contribution in [0.1, 0.15) is 51.9 Å². The third-order valence-electron chi connectivity index (χ3n) is 5.16. The van der Waals surface area contributed by atoms with Gasteiger partial charge in [-0.25, -0.2) is 0 Å². The Morgan fingerprint density at radius 3 is 2.62 bits per heavy atom. The Bertz CT molecular complexity index is 316. The van der Waals surface area contributed by atoms with Gasteiger partial charge in [-0.2, -0.15) is 0 Å². The number of likely N-dealkylation sites (tertiary alicyclic amines) is 1. The number of hydrogen-bond donors (Lipinski definition) is 1. The Kier molecular flexibility index (Phi) is 6.97. The van der Waals surface area contributed by atoms with Crippen molar-refractivity contribution in [1.82, 2.24) is 10.2 Å². The fourth-order valence-electron chi connectivity index (χ4n) is 3.90. The second kappa shape index (κ2) is 8.74. The SMILES string of the molecule is CCN1CC(CC(=O)OC)CC(NCC2CCCCC2)C1. The Morgan fingerprint density at radius 2 is 1.95 bits per heavy atom. The van der Waals surface area contributed by atoms with Crippen LogP contribution in [0.5, 0.6) is 0 Å². The molecule has 0 amide bonds. The first-order valence-electron chi connectivity index (χ1n) is 8.73. The van der Waals surface area contributed by atoms with E-state index in [4.69, 9.17) is 4.74 Å². The number of carbonyl (C=O) groups excluding carboxylic acids is 1.